The molecule has 0 radical (unpaired) electrons. The molecule has 1 rings (SSSR count). The number of aliphatic hydroxyl groups excluding tert-OH is 2. The van der Waals surface area contributed by atoms with Crippen LogP contribution in [0.2, 0.25) is 6.04 Å². The Morgan fingerprint density at radius 3 is 1.71 bits per heavy atom. The zero-order chi connectivity index (χ0) is 13.8. The van der Waals surface area contributed by atoms with E-state index in [1.807, 2.05) is 13.8 Å². The third kappa shape index (κ3) is 38.9. The van der Waals surface area contributed by atoms with Crippen molar-refractivity contribution in [3.05, 3.63) is 13.2 Å². The van der Waals surface area contributed by atoms with E-state index in [0.717, 1.165) is 19.8 Å². The molecule has 0 aromatic carbocycles. The van der Waals surface area contributed by atoms with Crippen LogP contribution in [0.4, 0.5) is 0 Å². The number of ether oxygens (including phenoxy) is 1. The van der Waals surface area contributed by atoms with E-state index in [1.54, 1.807) is 0 Å². The number of aliphatic hydroxyl groups is 2. The maximum atomic E-state index is 7.62. The minimum Gasteiger partial charge on any atom is -0.424 e. The first-order valence-corrected chi connectivity index (χ1v) is 7.78. The summed E-state index contributed by atoms with van der Waals surface area (Å²) in [5, 5.41) is 15.2. The third-order valence-electron chi connectivity index (χ3n) is 1.59. The second-order valence-corrected chi connectivity index (χ2v) is 4.43. The zero-order valence-electron chi connectivity index (χ0n) is 11.5. The van der Waals surface area contributed by atoms with Gasteiger partial charge in [0, 0.05) is 19.8 Å². The smallest absolute Gasteiger partial charge is 0.161 e. The molecule has 4 nitrogen and oxygen atoms in total. The molecule has 1 heterocycles. The molecular weight excluding hydrogens is 236 g/mol. The molecule has 0 unspecified atom stereocenters. The number of rotatable bonds is 3. The summed E-state index contributed by atoms with van der Waals surface area (Å²) in [5.41, 5.74) is 0. The van der Waals surface area contributed by atoms with Crippen molar-refractivity contribution in [2.24, 2.45) is 0 Å². The van der Waals surface area contributed by atoms with Gasteiger partial charge < -0.3 is 19.4 Å². The van der Waals surface area contributed by atoms with Crippen molar-refractivity contribution >= 4 is 9.76 Å². The zero-order valence-corrected chi connectivity index (χ0v) is 12.9. The standard InChI is InChI=1S/C4H10OSi.C4H10O.C2H6O2.C2H4/c1-2-4-6-5-3-1;1-3-5-4-2;3-1-2-4;1-2/h1-4,6H2;3-4H2,1-2H3;3-4H,1-2H2;1-2H2. The van der Waals surface area contributed by atoms with Gasteiger partial charge in [-0.1, -0.05) is 6.42 Å². The summed E-state index contributed by atoms with van der Waals surface area (Å²) in [5.74, 6) is 0. The summed E-state index contributed by atoms with van der Waals surface area (Å²) in [4.78, 5) is 0. The Morgan fingerprint density at radius 1 is 1.12 bits per heavy atom. The van der Waals surface area contributed by atoms with Crippen molar-refractivity contribution in [3.8, 4) is 0 Å². The summed E-state index contributed by atoms with van der Waals surface area (Å²) in [6.45, 7) is 12.5. The molecule has 0 aromatic heterocycles. The van der Waals surface area contributed by atoms with Crippen LogP contribution in [0.5, 0.6) is 0 Å². The van der Waals surface area contributed by atoms with E-state index in [1.165, 1.54) is 18.9 Å². The van der Waals surface area contributed by atoms with Crippen molar-refractivity contribution < 1.29 is 19.4 Å². The number of hydrogen-bond acceptors (Lipinski definition) is 4. The van der Waals surface area contributed by atoms with Crippen LogP contribution in [-0.2, 0) is 9.16 Å². The lowest BCUT2D eigenvalue weighted by molar-refractivity contribution is 0.162. The first-order valence-electron chi connectivity index (χ1n) is 6.20. The monoisotopic (exact) mass is 266 g/mol. The quantitative estimate of drug-likeness (QED) is 0.593. The van der Waals surface area contributed by atoms with Gasteiger partial charge >= 0.3 is 0 Å². The Balaban J connectivity index is -0.000000165. The first-order chi connectivity index (χ1) is 8.33. The fraction of sp³-hybridized carbons (Fsp3) is 0.833. The molecular formula is C12H30O4Si. The Bertz CT molecular complexity index is 85.0. The summed E-state index contributed by atoms with van der Waals surface area (Å²) in [6.07, 6.45) is 2.75. The van der Waals surface area contributed by atoms with E-state index < -0.39 is 0 Å². The van der Waals surface area contributed by atoms with Crippen LogP contribution in [0.1, 0.15) is 26.7 Å². The average molecular weight is 266 g/mol. The molecule has 0 spiro atoms. The van der Waals surface area contributed by atoms with Crippen molar-refractivity contribution in [1.82, 2.24) is 0 Å². The molecule has 1 saturated heterocycles. The molecule has 1 aliphatic heterocycles. The molecule has 0 atom stereocenters. The van der Waals surface area contributed by atoms with Gasteiger partial charge in [-0.3, -0.25) is 0 Å². The van der Waals surface area contributed by atoms with Crippen LogP contribution < -0.4 is 0 Å². The topological polar surface area (TPSA) is 58.9 Å². The van der Waals surface area contributed by atoms with Crippen LogP contribution in [0, 0.1) is 0 Å². The molecule has 0 bridgehead atoms. The molecule has 5 heteroatoms. The maximum absolute atomic E-state index is 7.62. The van der Waals surface area contributed by atoms with E-state index in [9.17, 15) is 0 Å². The normalized spacial score (nSPS) is 14.4. The summed E-state index contributed by atoms with van der Waals surface area (Å²) in [6, 6.07) is 1.42. The van der Waals surface area contributed by atoms with Gasteiger partial charge in [-0.15, -0.1) is 13.2 Å². The maximum Gasteiger partial charge on any atom is 0.161 e. The largest absolute Gasteiger partial charge is 0.424 e. The Morgan fingerprint density at radius 2 is 1.65 bits per heavy atom. The van der Waals surface area contributed by atoms with Gasteiger partial charge in [-0.2, -0.15) is 0 Å². The molecule has 1 fully saturated rings. The van der Waals surface area contributed by atoms with E-state index >= 15 is 0 Å². The van der Waals surface area contributed by atoms with Crippen molar-refractivity contribution in [3.63, 3.8) is 0 Å². The summed E-state index contributed by atoms with van der Waals surface area (Å²) >= 11 is 0. The highest BCUT2D eigenvalue weighted by atomic mass is 28.2. The average Bonchev–Trinajstić information content (AvgIpc) is 2.45. The van der Waals surface area contributed by atoms with Gasteiger partial charge in [0.05, 0.1) is 13.2 Å². The first kappa shape index (κ1) is 22.0. The second kappa shape index (κ2) is 29.7. The molecule has 1 aliphatic rings. The highest BCUT2D eigenvalue weighted by molar-refractivity contribution is 6.27. The molecule has 0 aliphatic carbocycles. The minimum absolute atomic E-state index is 0.00849. The van der Waals surface area contributed by atoms with Crippen LogP contribution >= 0.6 is 0 Å². The van der Waals surface area contributed by atoms with Crippen molar-refractivity contribution in [2.45, 2.75) is 32.7 Å². The fourth-order valence-corrected chi connectivity index (χ4v) is 2.06. The highest BCUT2D eigenvalue weighted by Gasteiger charge is 1.96. The second-order valence-electron chi connectivity index (χ2n) is 2.90. The molecule has 2 N–H and O–H groups in total. The van der Waals surface area contributed by atoms with Crippen LogP contribution in [0.15, 0.2) is 13.2 Å². The highest BCUT2D eigenvalue weighted by Crippen LogP contribution is 2.01. The Hall–Kier alpha value is -0.203. The van der Waals surface area contributed by atoms with Crippen molar-refractivity contribution in [1.29, 1.82) is 0 Å². The summed E-state index contributed by atoms with van der Waals surface area (Å²) in [7, 11) is 0.00849. The lowest BCUT2D eigenvalue weighted by atomic mass is 10.4. The predicted molar refractivity (Wildman–Crippen MR) is 76.1 cm³/mol. The van der Waals surface area contributed by atoms with Crippen LogP contribution in [0.3, 0.4) is 0 Å². The molecule has 0 aromatic rings. The van der Waals surface area contributed by atoms with Gasteiger partial charge in [0.15, 0.2) is 9.76 Å². The lowest BCUT2D eigenvalue weighted by Gasteiger charge is -2.07. The molecule has 17 heavy (non-hydrogen) atoms. The predicted octanol–water partition coefficient (Wildman–Crippen LogP) is 1.11. The van der Waals surface area contributed by atoms with E-state index in [4.69, 9.17) is 19.4 Å². The minimum atomic E-state index is -0.125. The van der Waals surface area contributed by atoms with Gasteiger partial charge in [-0.25, -0.2) is 0 Å². The lowest BCUT2D eigenvalue weighted by Crippen LogP contribution is -2.06. The Kier molecular flexibility index (Phi) is 38.4. The SMILES string of the molecule is C1CC[SiH2]OC1.C=C.CCOCC.OCCO. The van der Waals surface area contributed by atoms with Gasteiger partial charge in [-0.05, 0) is 26.3 Å². The van der Waals surface area contributed by atoms with Crippen molar-refractivity contribution in [2.75, 3.05) is 33.0 Å². The van der Waals surface area contributed by atoms with Crippen LogP contribution in [-0.4, -0.2) is 53.0 Å². The fourth-order valence-electron chi connectivity index (χ4n) is 0.891. The van der Waals surface area contributed by atoms with E-state index in [2.05, 4.69) is 13.2 Å². The van der Waals surface area contributed by atoms with Gasteiger partial charge in [0.25, 0.3) is 0 Å². The van der Waals surface area contributed by atoms with Crippen LogP contribution in [0.25, 0.3) is 0 Å². The summed E-state index contributed by atoms with van der Waals surface area (Å²) < 4.78 is 10.0. The van der Waals surface area contributed by atoms with E-state index in [-0.39, 0.29) is 23.0 Å². The number of hydrogen-bond donors (Lipinski definition) is 2. The van der Waals surface area contributed by atoms with Gasteiger partial charge in [0.2, 0.25) is 0 Å². The molecule has 0 amide bonds. The molecule has 0 saturated carbocycles. The third-order valence-corrected chi connectivity index (χ3v) is 2.95. The Labute approximate surface area is 109 Å². The molecule has 106 valence electrons. The van der Waals surface area contributed by atoms with Gasteiger partial charge in [0.1, 0.15) is 0 Å². The van der Waals surface area contributed by atoms with E-state index in [0.29, 0.717) is 0 Å².